The summed E-state index contributed by atoms with van der Waals surface area (Å²) >= 11 is 0. The molecule has 1 aliphatic carbocycles. The maximum absolute atomic E-state index is 11.1. The van der Waals surface area contributed by atoms with Crippen molar-refractivity contribution in [1.29, 1.82) is 0 Å². The van der Waals surface area contributed by atoms with E-state index in [0.717, 1.165) is 18.5 Å². The molecule has 3 heteroatoms. The predicted octanol–water partition coefficient (Wildman–Crippen LogP) is 2.07. The van der Waals surface area contributed by atoms with E-state index in [0.29, 0.717) is 18.0 Å². The monoisotopic (exact) mass is 219 g/mol. The zero-order valence-electron chi connectivity index (χ0n) is 9.44. The minimum absolute atomic E-state index is 0.0737. The summed E-state index contributed by atoms with van der Waals surface area (Å²) in [5.74, 6) is 0.563. The van der Waals surface area contributed by atoms with Crippen molar-refractivity contribution in [1.82, 2.24) is 0 Å². The topological polar surface area (TPSA) is 49.3 Å². The Balaban J connectivity index is 1.86. The lowest BCUT2D eigenvalue weighted by Gasteiger charge is -2.11. The Hall–Kier alpha value is -1.35. The van der Waals surface area contributed by atoms with E-state index in [4.69, 9.17) is 0 Å². The third-order valence-corrected chi connectivity index (χ3v) is 2.97. The van der Waals surface area contributed by atoms with Crippen LogP contribution in [0.4, 0.5) is 5.69 Å². The summed E-state index contributed by atoms with van der Waals surface area (Å²) in [6.07, 6.45) is 2.05. The Morgan fingerprint density at radius 2 is 2.06 bits per heavy atom. The zero-order valence-corrected chi connectivity index (χ0v) is 9.44. The van der Waals surface area contributed by atoms with Crippen LogP contribution in [-0.4, -0.2) is 23.5 Å². The van der Waals surface area contributed by atoms with Crippen LogP contribution in [0.5, 0.6) is 0 Å². The lowest BCUT2D eigenvalue weighted by Crippen LogP contribution is -2.21. The number of anilines is 1. The number of hydrogen-bond acceptors (Lipinski definition) is 3. The molecular weight excluding hydrogens is 202 g/mol. The summed E-state index contributed by atoms with van der Waals surface area (Å²) in [7, 11) is 0. The first-order valence-electron chi connectivity index (χ1n) is 5.70. The van der Waals surface area contributed by atoms with Gasteiger partial charge in [0.25, 0.3) is 0 Å². The molecule has 2 N–H and O–H groups in total. The van der Waals surface area contributed by atoms with Crippen molar-refractivity contribution in [2.24, 2.45) is 5.92 Å². The van der Waals surface area contributed by atoms with Gasteiger partial charge in [-0.1, -0.05) is 0 Å². The van der Waals surface area contributed by atoms with Gasteiger partial charge in [0.05, 0.1) is 6.10 Å². The van der Waals surface area contributed by atoms with Crippen LogP contribution in [0.2, 0.25) is 0 Å². The number of nitrogens with one attached hydrogen (secondary N) is 1. The highest BCUT2D eigenvalue weighted by Gasteiger charge is 2.29. The minimum atomic E-state index is -0.243. The van der Waals surface area contributed by atoms with Crippen molar-refractivity contribution >= 4 is 11.5 Å². The molecule has 2 rings (SSSR count). The van der Waals surface area contributed by atoms with Crippen LogP contribution in [0.25, 0.3) is 0 Å². The van der Waals surface area contributed by atoms with Gasteiger partial charge >= 0.3 is 0 Å². The molecule has 0 aromatic heterocycles. The number of aliphatic hydroxyl groups excluding tert-OH is 1. The van der Waals surface area contributed by atoms with E-state index >= 15 is 0 Å². The quantitative estimate of drug-likeness (QED) is 0.745. The first-order chi connectivity index (χ1) is 7.66. The second kappa shape index (κ2) is 4.66. The number of carbonyl (C=O) groups is 1. The second-order valence-corrected chi connectivity index (χ2v) is 4.42. The number of carbonyl (C=O) groups excluding carboxylic acids is 1. The molecule has 1 atom stereocenters. The molecular formula is C13H17NO2. The van der Waals surface area contributed by atoms with Crippen molar-refractivity contribution in [3.05, 3.63) is 29.8 Å². The van der Waals surface area contributed by atoms with Crippen LogP contribution in [-0.2, 0) is 0 Å². The molecule has 0 heterocycles. The van der Waals surface area contributed by atoms with Crippen molar-refractivity contribution in [3.8, 4) is 0 Å². The van der Waals surface area contributed by atoms with Gasteiger partial charge in [0.2, 0.25) is 0 Å². The molecule has 16 heavy (non-hydrogen) atoms. The Bertz CT molecular complexity index is 368. The SMILES string of the molecule is CC(=O)c1ccc(NCC(O)C2CC2)cc1. The van der Waals surface area contributed by atoms with Gasteiger partial charge in [-0.2, -0.15) is 0 Å². The van der Waals surface area contributed by atoms with Crippen molar-refractivity contribution < 1.29 is 9.90 Å². The molecule has 0 bridgehead atoms. The average molecular weight is 219 g/mol. The van der Waals surface area contributed by atoms with Gasteiger partial charge in [0, 0.05) is 17.8 Å². The second-order valence-electron chi connectivity index (χ2n) is 4.42. The van der Waals surface area contributed by atoms with Gasteiger partial charge in [-0.05, 0) is 49.9 Å². The standard InChI is InChI=1S/C13H17NO2/c1-9(15)10-4-6-12(7-5-10)14-8-13(16)11-2-3-11/h4-7,11,13-14,16H,2-3,8H2,1H3. The largest absolute Gasteiger partial charge is 0.391 e. The normalized spacial score (nSPS) is 16.9. The number of aliphatic hydroxyl groups is 1. The number of Topliss-reactive ketones (excluding diaryl/α,β-unsaturated/α-hetero) is 1. The molecule has 0 saturated heterocycles. The van der Waals surface area contributed by atoms with E-state index < -0.39 is 0 Å². The highest BCUT2D eigenvalue weighted by molar-refractivity contribution is 5.94. The smallest absolute Gasteiger partial charge is 0.159 e. The summed E-state index contributed by atoms with van der Waals surface area (Å²) in [6.45, 7) is 2.14. The van der Waals surface area contributed by atoms with Crippen molar-refractivity contribution in [2.75, 3.05) is 11.9 Å². The summed E-state index contributed by atoms with van der Waals surface area (Å²) in [6, 6.07) is 7.34. The molecule has 1 fully saturated rings. The molecule has 0 amide bonds. The molecule has 0 spiro atoms. The van der Waals surface area contributed by atoms with E-state index in [1.54, 1.807) is 19.1 Å². The lowest BCUT2D eigenvalue weighted by atomic mass is 10.1. The van der Waals surface area contributed by atoms with Crippen LogP contribution in [0.3, 0.4) is 0 Å². The predicted molar refractivity (Wildman–Crippen MR) is 63.7 cm³/mol. The van der Waals surface area contributed by atoms with Crippen LogP contribution in [0, 0.1) is 5.92 Å². The molecule has 3 nitrogen and oxygen atoms in total. The summed E-state index contributed by atoms with van der Waals surface area (Å²) < 4.78 is 0. The first kappa shape index (κ1) is 11.1. The van der Waals surface area contributed by atoms with Crippen molar-refractivity contribution in [3.63, 3.8) is 0 Å². The van der Waals surface area contributed by atoms with E-state index in [9.17, 15) is 9.90 Å². The fourth-order valence-electron chi connectivity index (χ4n) is 1.69. The van der Waals surface area contributed by atoms with Gasteiger partial charge in [-0.3, -0.25) is 4.79 Å². The first-order valence-corrected chi connectivity index (χ1v) is 5.70. The van der Waals surface area contributed by atoms with Crippen LogP contribution in [0.15, 0.2) is 24.3 Å². The van der Waals surface area contributed by atoms with E-state index in [-0.39, 0.29) is 11.9 Å². The summed E-state index contributed by atoms with van der Waals surface area (Å²) in [5, 5.41) is 12.8. The van der Waals surface area contributed by atoms with E-state index in [1.165, 1.54) is 0 Å². The van der Waals surface area contributed by atoms with Crippen LogP contribution >= 0.6 is 0 Å². The van der Waals surface area contributed by atoms with Gasteiger partial charge < -0.3 is 10.4 Å². The van der Waals surface area contributed by atoms with Crippen LogP contribution in [0.1, 0.15) is 30.1 Å². The number of hydrogen-bond donors (Lipinski definition) is 2. The highest BCUT2D eigenvalue weighted by atomic mass is 16.3. The maximum atomic E-state index is 11.1. The number of ketones is 1. The fourth-order valence-corrected chi connectivity index (χ4v) is 1.69. The van der Waals surface area contributed by atoms with Gasteiger partial charge in [0.15, 0.2) is 5.78 Å². The fraction of sp³-hybridized carbons (Fsp3) is 0.462. The van der Waals surface area contributed by atoms with Gasteiger partial charge in [-0.15, -0.1) is 0 Å². The maximum Gasteiger partial charge on any atom is 0.159 e. The molecule has 1 unspecified atom stereocenters. The lowest BCUT2D eigenvalue weighted by molar-refractivity contribution is 0.101. The Kier molecular flexibility index (Phi) is 3.25. The van der Waals surface area contributed by atoms with Crippen LogP contribution < -0.4 is 5.32 Å². The Morgan fingerprint density at radius 3 is 2.56 bits per heavy atom. The van der Waals surface area contributed by atoms with E-state index in [1.807, 2.05) is 12.1 Å². The summed E-state index contributed by atoms with van der Waals surface area (Å²) in [5.41, 5.74) is 1.66. The molecule has 86 valence electrons. The third kappa shape index (κ3) is 2.83. The number of rotatable bonds is 5. The van der Waals surface area contributed by atoms with Gasteiger partial charge in [-0.25, -0.2) is 0 Å². The molecule has 1 aliphatic rings. The van der Waals surface area contributed by atoms with Gasteiger partial charge in [0.1, 0.15) is 0 Å². The Morgan fingerprint density at radius 1 is 1.44 bits per heavy atom. The summed E-state index contributed by atoms with van der Waals surface area (Å²) in [4.78, 5) is 11.1. The molecule has 1 saturated carbocycles. The Labute approximate surface area is 95.5 Å². The molecule has 0 aliphatic heterocycles. The zero-order chi connectivity index (χ0) is 11.5. The third-order valence-electron chi connectivity index (χ3n) is 2.97. The minimum Gasteiger partial charge on any atom is -0.391 e. The highest BCUT2D eigenvalue weighted by Crippen LogP contribution is 2.32. The molecule has 1 aromatic rings. The molecule has 0 radical (unpaired) electrons. The average Bonchev–Trinajstić information content (AvgIpc) is 3.10. The number of benzene rings is 1. The molecule has 1 aromatic carbocycles. The van der Waals surface area contributed by atoms with Crippen molar-refractivity contribution in [2.45, 2.75) is 25.9 Å². The van der Waals surface area contributed by atoms with E-state index in [2.05, 4.69) is 5.32 Å².